The maximum atomic E-state index is 10.6. The van der Waals surface area contributed by atoms with Gasteiger partial charge < -0.3 is 51.2 Å². The van der Waals surface area contributed by atoms with Crippen LogP contribution < -0.4 is 11.1 Å². The van der Waals surface area contributed by atoms with Crippen LogP contribution in [0.1, 0.15) is 0 Å². The van der Waals surface area contributed by atoms with Crippen LogP contribution in [0.15, 0.2) is 4.99 Å². The summed E-state index contributed by atoms with van der Waals surface area (Å²) in [6.45, 7) is -0.857. The lowest BCUT2D eigenvalue weighted by molar-refractivity contribution is -0.548. The van der Waals surface area contributed by atoms with Crippen molar-refractivity contribution in [3.05, 3.63) is 0 Å². The van der Waals surface area contributed by atoms with Gasteiger partial charge in [0.05, 0.1) is 12.5 Å². The lowest BCUT2D eigenvalue weighted by Gasteiger charge is -2.71. The summed E-state index contributed by atoms with van der Waals surface area (Å²) in [5.41, 5.74) is 1.74. The van der Waals surface area contributed by atoms with Crippen LogP contribution in [0.2, 0.25) is 0 Å². The Labute approximate surface area is 123 Å². The van der Waals surface area contributed by atoms with Gasteiger partial charge in [-0.15, -0.1) is 0 Å². The van der Waals surface area contributed by atoms with E-state index in [9.17, 15) is 30.6 Å². The highest BCUT2D eigenvalue weighted by Gasteiger charge is 2.82. The van der Waals surface area contributed by atoms with Gasteiger partial charge in [-0.1, -0.05) is 0 Å². The number of aliphatic hydroxyl groups is 6. The van der Waals surface area contributed by atoms with Crippen LogP contribution in [0.4, 0.5) is 0 Å². The molecule has 1 spiro atoms. The second-order valence-corrected chi connectivity index (χ2v) is 6.22. The van der Waals surface area contributed by atoms with Crippen molar-refractivity contribution in [1.82, 2.24) is 5.32 Å². The fourth-order valence-corrected chi connectivity index (χ4v) is 4.24. The fraction of sp³-hybridized carbons (Fsp3) is 0.909. The highest BCUT2D eigenvalue weighted by atomic mass is 16.9. The van der Waals surface area contributed by atoms with Gasteiger partial charge in [0.1, 0.15) is 29.5 Å². The Kier molecular flexibility index (Phi) is 2.57. The molecule has 0 unspecified atom stereocenters. The molecule has 1 saturated carbocycles. The number of rotatable bonds is 1. The van der Waals surface area contributed by atoms with Crippen LogP contribution in [0, 0.1) is 5.92 Å². The normalized spacial score (nSPS) is 62.4. The zero-order chi connectivity index (χ0) is 16.1. The summed E-state index contributed by atoms with van der Waals surface area (Å²) in [4.78, 5) is 3.70. The van der Waals surface area contributed by atoms with E-state index >= 15 is 0 Å². The summed E-state index contributed by atoms with van der Waals surface area (Å²) < 4.78 is 10.3. The van der Waals surface area contributed by atoms with Gasteiger partial charge in [0.2, 0.25) is 0 Å². The molecule has 11 nitrogen and oxygen atoms in total. The number of ether oxygens (including phenoxy) is 2. The summed E-state index contributed by atoms with van der Waals surface area (Å²) in [5, 5.41) is 64.3. The number of guanidine groups is 1. The van der Waals surface area contributed by atoms with Crippen molar-refractivity contribution in [3.63, 3.8) is 0 Å². The molecule has 4 aliphatic heterocycles. The Hall–Kier alpha value is -1.05. The predicted octanol–water partition coefficient (Wildman–Crippen LogP) is -5.52. The molecule has 0 aromatic rings. The van der Waals surface area contributed by atoms with E-state index in [1.165, 1.54) is 0 Å². The molecule has 0 radical (unpaired) electrons. The molecule has 9 atom stereocenters. The molecule has 4 bridgehead atoms. The van der Waals surface area contributed by atoms with Gasteiger partial charge >= 0.3 is 5.97 Å². The molecule has 1 aliphatic carbocycles. The third-order valence-electron chi connectivity index (χ3n) is 5.22. The number of nitrogens with zero attached hydrogens (tertiary/aromatic N) is 1. The first kappa shape index (κ1) is 14.5. The first-order valence-corrected chi connectivity index (χ1v) is 6.77. The number of nitrogens with two attached hydrogens (primary N) is 1. The maximum Gasteiger partial charge on any atom is 0.311 e. The highest BCUT2D eigenvalue weighted by Crippen LogP contribution is 2.58. The quantitative estimate of drug-likeness (QED) is 0.231. The molecular weight excluding hydrogens is 302 g/mol. The smallest absolute Gasteiger partial charge is 0.311 e. The van der Waals surface area contributed by atoms with Crippen molar-refractivity contribution >= 4 is 5.96 Å². The first-order valence-electron chi connectivity index (χ1n) is 6.77. The molecule has 124 valence electrons. The average Bonchev–Trinajstić information content (AvgIpc) is 2.45. The molecule has 0 aromatic heterocycles. The van der Waals surface area contributed by atoms with E-state index in [1.54, 1.807) is 0 Å². The number of nitrogens with one attached hydrogen (secondary N) is 1. The molecule has 3 saturated heterocycles. The molecule has 0 amide bonds. The maximum absolute atomic E-state index is 10.6. The first-order chi connectivity index (χ1) is 10.2. The SMILES string of the molecule is NC1=N[C@H](O)[C@@H]2[C@H]3O[C@@]4(O)O[C@@H]([C@H](O)[C@@]2(N1)[C@@H]4O)[C@@]3(O)CO. The van der Waals surface area contributed by atoms with Gasteiger partial charge in [-0.05, 0) is 0 Å². The number of aliphatic hydroxyl groups excluding tert-OH is 4. The minimum atomic E-state index is -2.52. The van der Waals surface area contributed by atoms with E-state index in [2.05, 4.69) is 10.3 Å². The summed E-state index contributed by atoms with van der Waals surface area (Å²) in [5.74, 6) is -3.95. The molecule has 22 heavy (non-hydrogen) atoms. The van der Waals surface area contributed by atoms with Crippen LogP contribution in [-0.2, 0) is 9.47 Å². The lowest BCUT2D eigenvalue weighted by Crippen LogP contribution is -2.95. The van der Waals surface area contributed by atoms with Crippen molar-refractivity contribution < 1.29 is 40.1 Å². The van der Waals surface area contributed by atoms with Crippen molar-refractivity contribution in [2.45, 2.75) is 47.8 Å². The highest BCUT2D eigenvalue weighted by molar-refractivity contribution is 5.80. The summed E-state index contributed by atoms with van der Waals surface area (Å²) in [7, 11) is 0. The molecule has 0 aromatic carbocycles. The minimum Gasteiger partial charge on any atom is -0.393 e. The molecule has 5 aliphatic rings. The molecule has 9 N–H and O–H groups in total. The summed E-state index contributed by atoms with van der Waals surface area (Å²) in [6, 6.07) is 0. The van der Waals surface area contributed by atoms with Gasteiger partial charge in [-0.2, -0.15) is 0 Å². The second kappa shape index (κ2) is 3.88. The Morgan fingerprint density at radius 2 is 1.82 bits per heavy atom. The Balaban J connectivity index is 1.95. The summed E-state index contributed by atoms with van der Waals surface area (Å²) >= 11 is 0. The number of hydrogen-bond acceptors (Lipinski definition) is 11. The largest absolute Gasteiger partial charge is 0.393 e. The standard InChI is InChI=1S/C11H17N3O8/c12-8-13-6(17)2-4-9(19,1-15)5-3(16)10(2,14-8)7(18)11(20,21-4)22-5/h2-7,15-20H,1H2,(H3,12,13,14)/t2-,3-,4+,5-,6+,7-,9+,10+,11+/m0/s1. The number of aliphatic imine (C=N–C) groups is 1. The van der Waals surface area contributed by atoms with Crippen molar-refractivity contribution in [2.24, 2.45) is 16.6 Å². The van der Waals surface area contributed by atoms with Gasteiger partial charge in [0.25, 0.3) is 0 Å². The molecule has 4 fully saturated rings. The van der Waals surface area contributed by atoms with E-state index in [4.69, 9.17) is 15.2 Å². The zero-order valence-corrected chi connectivity index (χ0v) is 11.2. The monoisotopic (exact) mass is 319 g/mol. The van der Waals surface area contributed by atoms with E-state index in [-0.39, 0.29) is 5.96 Å². The fourth-order valence-electron chi connectivity index (χ4n) is 4.24. The van der Waals surface area contributed by atoms with Crippen LogP contribution in [-0.4, -0.2) is 91.0 Å². The third-order valence-corrected chi connectivity index (χ3v) is 5.22. The Morgan fingerprint density at radius 1 is 1.18 bits per heavy atom. The predicted molar refractivity (Wildman–Crippen MR) is 65.7 cm³/mol. The van der Waals surface area contributed by atoms with Crippen molar-refractivity contribution in [3.8, 4) is 0 Å². The van der Waals surface area contributed by atoms with Gasteiger partial charge in [0, 0.05) is 0 Å². The van der Waals surface area contributed by atoms with Crippen molar-refractivity contribution in [1.29, 1.82) is 0 Å². The second-order valence-electron chi connectivity index (χ2n) is 6.22. The van der Waals surface area contributed by atoms with E-state index < -0.39 is 60.3 Å². The van der Waals surface area contributed by atoms with E-state index in [0.717, 1.165) is 0 Å². The van der Waals surface area contributed by atoms with E-state index in [1.807, 2.05) is 0 Å². The van der Waals surface area contributed by atoms with E-state index in [0.29, 0.717) is 0 Å². The third kappa shape index (κ3) is 1.28. The van der Waals surface area contributed by atoms with Gasteiger partial charge in [0.15, 0.2) is 18.3 Å². The molecule has 4 heterocycles. The van der Waals surface area contributed by atoms with Gasteiger partial charge in [-0.25, -0.2) is 4.99 Å². The lowest BCUT2D eigenvalue weighted by atomic mass is 9.55. The van der Waals surface area contributed by atoms with Crippen LogP contribution in [0.3, 0.4) is 0 Å². The Bertz CT molecular complexity index is 561. The minimum absolute atomic E-state index is 0.250. The van der Waals surface area contributed by atoms with Crippen LogP contribution in [0.25, 0.3) is 0 Å². The van der Waals surface area contributed by atoms with Crippen LogP contribution in [0.5, 0.6) is 0 Å². The Morgan fingerprint density at radius 3 is 2.45 bits per heavy atom. The van der Waals surface area contributed by atoms with Gasteiger partial charge in [-0.3, -0.25) is 0 Å². The zero-order valence-electron chi connectivity index (χ0n) is 11.2. The molecule has 11 heteroatoms. The topological polar surface area (TPSA) is 190 Å². The molecular formula is C11H17N3O8. The number of hydrogen-bond donors (Lipinski definition) is 8. The van der Waals surface area contributed by atoms with Crippen LogP contribution >= 0.6 is 0 Å². The molecule has 5 rings (SSSR count). The average molecular weight is 319 g/mol. The van der Waals surface area contributed by atoms with Crippen molar-refractivity contribution in [2.75, 3.05) is 6.61 Å². The summed E-state index contributed by atoms with van der Waals surface area (Å²) in [6.07, 6.45) is -7.77.